The predicted octanol–water partition coefficient (Wildman–Crippen LogP) is 0.169. The van der Waals surface area contributed by atoms with Crippen molar-refractivity contribution in [3.05, 3.63) is 17.0 Å². The molecule has 1 heterocycles. The van der Waals surface area contributed by atoms with Gasteiger partial charge in [-0.25, -0.2) is 0 Å². The van der Waals surface area contributed by atoms with Gasteiger partial charge in [-0.3, -0.25) is 14.3 Å². The fraction of sp³-hybridized carbons (Fsp3) is 0.545. The molecule has 0 bridgehead atoms. The lowest BCUT2D eigenvalue weighted by molar-refractivity contribution is -0.141. The van der Waals surface area contributed by atoms with Crippen LogP contribution in [0.15, 0.2) is 0 Å². The van der Waals surface area contributed by atoms with E-state index in [1.54, 1.807) is 4.68 Å². The summed E-state index contributed by atoms with van der Waals surface area (Å²) in [5, 5.41) is 15.3. The van der Waals surface area contributed by atoms with Crippen molar-refractivity contribution < 1.29 is 14.7 Å². The van der Waals surface area contributed by atoms with Gasteiger partial charge in [-0.1, -0.05) is 0 Å². The molecule has 0 aliphatic rings. The van der Waals surface area contributed by atoms with E-state index in [1.165, 1.54) is 6.92 Å². The molecule has 6 nitrogen and oxygen atoms in total. The second kappa shape index (κ2) is 4.99. The third kappa shape index (κ3) is 3.05. The van der Waals surface area contributed by atoms with Crippen LogP contribution < -0.4 is 5.32 Å². The SMILES string of the molecule is Cc1nn(C)c(C)c1CC(=O)N[C@H](C)C(=O)O. The maximum atomic E-state index is 11.6. The number of hydrogen-bond acceptors (Lipinski definition) is 3. The van der Waals surface area contributed by atoms with E-state index in [0.29, 0.717) is 0 Å². The van der Waals surface area contributed by atoms with Crippen LogP contribution in [-0.4, -0.2) is 32.8 Å². The average Bonchev–Trinajstić information content (AvgIpc) is 2.45. The zero-order valence-corrected chi connectivity index (χ0v) is 10.4. The third-order valence-electron chi connectivity index (χ3n) is 2.74. The summed E-state index contributed by atoms with van der Waals surface area (Å²) < 4.78 is 1.71. The number of aromatic nitrogens is 2. The molecule has 1 aromatic heterocycles. The van der Waals surface area contributed by atoms with Crippen LogP contribution in [0, 0.1) is 13.8 Å². The van der Waals surface area contributed by atoms with E-state index in [0.717, 1.165) is 17.0 Å². The maximum Gasteiger partial charge on any atom is 0.325 e. The highest BCUT2D eigenvalue weighted by atomic mass is 16.4. The fourth-order valence-electron chi connectivity index (χ4n) is 1.59. The second-order valence-electron chi connectivity index (χ2n) is 4.08. The Kier molecular flexibility index (Phi) is 3.88. The Balaban J connectivity index is 2.72. The van der Waals surface area contributed by atoms with E-state index in [-0.39, 0.29) is 12.3 Å². The van der Waals surface area contributed by atoms with Crippen molar-refractivity contribution in [1.29, 1.82) is 0 Å². The number of aliphatic carboxylic acids is 1. The third-order valence-corrected chi connectivity index (χ3v) is 2.74. The van der Waals surface area contributed by atoms with Crippen molar-refractivity contribution in [1.82, 2.24) is 15.1 Å². The van der Waals surface area contributed by atoms with Gasteiger partial charge in [0.25, 0.3) is 0 Å². The molecule has 0 aliphatic heterocycles. The number of carbonyl (C=O) groups is 2. The summed E-state index contributed by atoms with van der Waals surface area (Å²) >= 11 is 0. The summed E-state index contributed by atoms with van der Waals surface area (Å²) in [5.41, 5.74) is 2.56. The van der Waals surface area contributed by atoms with Gasteiger partial charge in [0.2, 0.25) is 5.91 Å². The molecule has 0 unspecified atom stereocenters. The van der Waals surface area contributed by atoms with Gasteiger partial charge in [0.15, 0.2) is 0 Å². The molecule has 2 N–H and O–H groups in total. The Hall–Kier alpha value is -1.85. The molecule has 0 aliphatic carbocycles. The number of carbonyl (C=O) groups excluding carboxylic acids is 1. The summed E-state index contributed by atoms with van der Waals surface area (Å²) in [6.07, 6.45) is 0.156. The molecule has 94 valence electrons. The van der Waals surface area contributed by atoms with Gasteiger partial charge < -0.3 is 10.4 Å². The van der Waals surface area contributed by atoms with Crippen LogP contribution in [0.1, 0.15) is 23.9 Å². The minimum Gasteiger partial charge on any atom is -0.480 e. The van der Waals surface area contributed by atoms with Gasteiger partial charge in [-0.2, -0.15) is 5.10 Å². The topological polar surface area (TPSA) is 84.2 Å². The lowest BCUT2D eigenvalue weighted by Crippen LogP contribution is -2.39. The number of nitrogens with zero attached hydrogens (tertiary/aromatic N) is 2. The first-order valence-corrected chi connectivity index (χ1v) is 5.34. The molecule has 0 spiro atoms. The molecule has 1 aromatic rings. The summed E-state index contributed by atoms with van der Waals surface area (Å²) in [4.78, 5) is 22.2. The molecule has 0 aromatic carbocycles. The summed E-state index contributed by atoms with van der Waals surface area (Å²) in [6.45, 7) is 5.14. The first kappa shape index (κ1) is 13.2. The van der Waals surface area contributed by atoms with E-state index in [1.807, 2.05) is 20.9 Å². The number of aryl methyl sites for hydroxylation is 2. The fourth-order valence-corrected chi connectivity index (χ4v) is 1.59. The summed E-state index contributed by atoms with van der Waals surface area (Å²) in [5.74, 6) is -1.35. The van der Waals surface area contributed by atoms with Crippen LogP contribution in [0.3, 0.4) is 0 Å². The average molecular weight is 239 g/mol. The predicted molar refractivity (Wildman–Crippen MR) is 61.6 cm³/mol. The lowest BCUT2D eigenvalue weighted by atomic mass is 10.1. The van der Waals surface area contributed by atoms with Crippen LogP contribution in [0.5, 0.6) is 0 Å². The molecule has 0 fully saturated rings. The number of carboxylic acid groups (broad SMARTS) is 1. The van der Waals surface area contributed by atoms with Gasteiger partial charge in [0, 0.05) is 18.3 Å². The Labute approximate surface area is 99.6 Å². The molecule has 1 atom stereocenters. The lowest BCUT2D eigenvalue weighted by Gasteiger charge is -2.09. The van der Waals surface area contributed by atoms with Crippen LogP contribution in [-0.2, 0) is 23.1 Å². The van der Waals surface area contributed by atoms with Gasteiger partial charge >= 0.3 is 5.97 Å². The highest BCUT2D eigenvalue weighted by Gasteiger charge is 2.17. The van der Waals surface area contributed by atoms with Gasteiger partial charge in [-0.05, 0) is 20.8 Å². The van der Waals surface area contributed by atoms with E-state index in [2.05, 4.69) is 10.4 Å². The number of amides is 1. The van der Waals surface area contributed by atoms with E-state index >= 15 is 0 Å². The zero-order valence-electron chi connectivity index (χ0n) is 10.4. The van der Waals surface area contributed by atoms with Gasteiger partial charge in [0.1, 0.15) is 6.04 Å². The molecule has 1 amide bonds. The Morgan fingerprint density at radius 1 is 1.47 bits per heavy atom. The first-order chi connectivity index (χ1) is 7.82. The Bertz CT molecular complexity index is 451. The van der Waals surface area contributed by atoms with Crippen LogP contribution in [0.4, 0.5) is 0 Å². The van der Waals surface area contributed by atoms with Crippen LogP contribution in [0.25, 0.3) is 0 Å². The molecule has 0 saturated carbocycles. The summed E-state index contributed by atoms with van der Waals surface area (Å²) in [6, 6.07) is -0.875. The summed E-state index contributed by atoms with van der Waals surface area (Å²) in [7, 11) is 1.81. The number of nitrogens with one attached hydrogen (secondary N) is 1. The van der Waals surface area contributed by atoms with Crippen LogP contribution in [0.2, 0.25) is 0 Å². The molecular weight excluding hydrogens is 222 g/mol. The maximum absolute atomic E-state index is 11.6. The Morgan fingerprint density at radius 2 is 2.06 bits per heavy atom. The second-order valence-corrected chi connectivity index (χ2v) is 4.08. The molecule has 1 rings (SSSR count). The van der Waals surface area contributed by atoms with Gasteiger partial charge in [0.05, 0.1) is 12.1 Å². The monoisotopic (exact) mass is 239 g/mol. The number of carboxylic acids is 1. The quantitative estimate of drug-likeness (QED) is 0.784. The van der Waals surface area contributed by atoms with E-state index in [4.69, 9.17) is 5.11 Å². The van der Waals surface area contributed by atoms with E-state index < -0.39 is 12.0 Å². The molecular formula is C11H17N3O3. The van der Waals surface area contributed by atoms with Crippen molar-refractivity contribution in [2.75, 3.05) is 0 Å². The van der Waals surface area contributed by atoms with Crippen molar-refractivity contribution in [2.24, 2.45) is 7.05 Å². The van der Waals surface area contributed by atoms with Crippen molar-refractivity contribution in [3.63, 3.8) is 0 Å². The highest BCUT2D eigenvalue weighted by molar-refractivity contribution is 5.84. The minimum atomic E-state index is -1.04. The smallest absolute Gasteiger partial charge is 0.325 e. The minimum absolute atomic E-state index is 0.156. The Morgan fingerprint density at radius 3 is 2.47 bits per heavy atom. The number of hydrogen-bond donors (Lipinski definition) is 2. The number of rotatable bonds is 4. The first-order valence-electron chi connectivity index (χ1n) is 5.34. The largest absolute Gasteiger partial charge is 0.480 e. The zero-order chi connectivity index (χ0) is 13.2. The highest BCUT2D eigenvalue weighted by Crippen LogP contribution is 2.12. The normalized spacial score (nSPS) is 12.2. The molecule has 6 heteroatoms. The van der Waals surface area contributed by atoms with E-state index in [9.17, 15) is 9.59 Å². The standard InChI is InChI=1S/C11H17N3O3/c1-6-9(8(3)14(4)13-6)5-10(15)12-7(2)11(16)17/h7H,5H2,1-4H3,(H,12,15)(H,16,17)/t7-/m1/s1. The molecule has 0 saturated heterocycles. The molecule has 17 heavy (non-hydrogen) atoms. The van der Waals surface area contributed by atoms with Crippen molar-refractivity contribution in [2.45, 2.75) is 33.2 Å². The van der Waals surface area contributed by atoms with Crippen molar-refractivity contribution >= 4 is 11.9 Å². The van der Waals surface area contributed by atoms with Gasteiger partial charge in [-0.15, -0.1) is 0 Å². The van der Waals surface area contributed by atoms with Crippen LogP contribution >= 0.6 is 0 Å². The van der Waals surface area contributed by atoms with Crippen molar-refractivity contribution in [3.8, 4) is 0 Å². The molecule has 0 radical (unpaired) electrons.